The van der Waals surface area contributed by atoms with Crippen molar-refractivity contribution in [1.29, 1.82) is 0 Å². The minimum absolute atomic E-state index is 0.00547. The molecule has 1 aliphatic rings. The third kappa shape index (κ3) is 5.56. The van der Waals surface area contributed by atoms with Crippen LogP contribution < -0.4 is 10.6 Å². The highest BCUT2D eigenvalue weighted by Gasteiger charge is 2.26. The molecule has 184 valence electrons. The van der Waals surface area contributed by atoms with E-state index in [1.807, 2.05) is 32.0 Å². The van der Waals surface area contributed by atoms with Crippen LogP contribution in [0.1, 0.15) is 80.4 Å². The van der Waals surface area contributed by atoms with Gasteiger partial charge in [0.2, 0.25) is 0 Å². The maximum Gasteiger partial charge on any atom is 0.342 e. The highest BCUT2D eigenvalue weighted by molar-refractivity contribution is 6.04. The quantitative estimate of drug-likeness (QED) is 0.386. The fourth-order valence-corrected chi connectivity index (χ4v) is 4.50. The molecule has 0 aliphatic heterocycles. The monoisotopic (exact) mass is 474 g/mol. The Morgan fingerprint density at radius 2 is 1.80 bits per heavy atom. The van der Waals surface area contributed by atoms with Crippen LogP contribution in [0, 0.1) is 0 Å². The summed E-state index contributed by atoms with van der Waals surface area (Å²) in [4.78, 5) is 25.6. The van der Waals surface area contributed by atoms with Crippen LogP contribution in [0.5, 0.6) is 5.75 Å². The second-order valence-corrected chi connectivity index (χ2v) is 9.34. The molecule has 2 aromatic carbocycles. The van der Waals surface area contributed by atoms with E-state index in [4.69, 9.17) is 0 Å². The van der Waals surface area contributed by atoms with Crippen molar-refractivity contribution in [2.24, 2.45) is 0 Å². The number of hydrogen-bond donors (Lipinski definition) is 3. The number of rotatable bonds is 7. The van der Waals surface area contributed by atoms with Crippen LogP contribution in [0.25, 0.3) is 11.3 Å². The average Bonchev–Trinajstić information content (AvgIpc) is 3.54. The molecule has 0 spiro atoms. The molecule has 1 fully saturated rings. The van der Waals surface area contributed by atoms with Crippen molar-refractivity contribution >= 4 is 17.6 Å². The van der Waals surface area contributed by atoms with E-state index >= 15 is 0 Å². The zero-order valence-corrected chi connectivity index (χ0v) is 20.7. The lowest BCUT2D eigenvalue weighted by atomic mass is 10.0. The highest BCUT2D eigenvalue weighted by Crippen LogP contribution is 2.38. The Morgan fingerprint density at radius 1 is 1.09 bits per heavy atom. The van der Waals surface area contributed by atoms with Gasteiger partial charge in [0.1, 0.15) is 5.75 Å². The second kappa shape index (κ2) is 10.8. The molecule has 1 atom stereocenters. The maximum absolute atomic E-state index is 13.0. The first-order valence-electron chi connectivity index (χ1n) is 12.5. The second-order valence-electron chi connectivity index (χ2n) is 9.34. The highest BCUT2D eigenvalue weighted by atomic mass is 16.3. The summed E-state index contributed by atoms with van der Waals surface area (Å²) in [6.07, 6.45) is 6.07. The number of nitrogens with one attached hydrogen (secondary N) is 2. The number of hydrogen-bond acceptors (Lipinski definition) is 4. The Labute approximate surface area is 206 Å². The predicted molar refractivity (Wildman–Crippen MR) is 138 cm³/mol. The molecule has 3 aromatic rings. The summed E-state index contributed by atoms with van der Waals surface area (Å²) in [7, 11) is 0. The molecule has 3 N–H and O–H groups in total. The van der Waals surface area contributed by atoms with Crippen molar-refractivity contribution in [2.75, 3.05) is 5.32 Å². The topological polar surface area (TPSA) is 96.3 Å². The fourth-order valence-electron chi connectivity index (χ4n) is 4.50. The van der Waals surface area contributed by atoms with E-state index in [0.29, 0.717) is 22.5 Å². The lowest BCUT2D eigenvalue weighted by Crippen LogP contribution is -2.37. The smallest absolute Gasteiger partial charge is 0.342 e. The van der Waals surface area contributed by atoms with Gasteiger partial charge in [-0.25, -0.2) is 4.79 Å². The zero-order valence-electron chi connectivity index (χ0n) is 20.7. The van der Waals surface area contributed by atoms with Crippen molar-refractivity contribution in [3.8, 4) is 17.0 Å². The number of carbonyl (C=O) groups is 2. The van der Waals surface area contributed by atoms with E-state index in [9.17, 15) is 14.7 Å². The number of phenols is 1. The summed E-state index contributed by atoms with van der Waals surface area (Å²) in [5.41, 5.74) is 4.14. The molecule has 1 saturated carbocycles. The van der Waals surface area contributed by atoms with Crippen molar-refractivity contribution < 1.29 is 14.7 Å². The van der Waals surface area contributed by atoms with Crippen LogP contribution in [0.2, 0.25) is 0 Å². The lowest BCUT2D eigenvalue weighted by molar-refractivity contribution is 0.102. The van der Waals surface area contributed by atoms with Crippen molar-refractivity contribution in [3.05, 3.63) is 65.4 Å². The van der Waals surface area contributed by atoms with Gasteiger partial charge < -0.3 is 15.7 Å². The molecule has 0 saturated heterocycles. The van der Waals surface area contributed by atoms with Crippen molar-refractivity contribution in [3.63, 3.8) is 0 Å². The van der Waals surface area contributed by atoms with Crippen LogP contribution in [-0.2, 0) is 6.42 Å². The van der Waals surface area contributed by atoms with Crippen molar-refractivity contribution in [1.82, 2.24) is 15.1 Å². The van der Waals surface area contributed by atoms with E-state index in [2.05, 4.69) is 22.7 Å². The summed E-state index contributed by atoms with van der Waals surface area (Å²) in [5.74, 6) is 0.0298. The number of aryl methyl sites for hydroxylation is 1. The zero-order chi connectivity index (χ0) is 24.9. The summed E-state index contributed by atoms with van der Waals surface area (Å²) in [6, 6.07) is 14.1. The molecule has 2 amide bonds. The molecule has 0 radical (unpaired) electrons. The Bertz CT molecular complexity index is 1190. The molecule has 1 heterocycles. The summed E-state index contributed by atoms with van der Waals surface area (Å²) in [5, 5.41) is 21.2. The molecule has 35 heavy (non-hydrogen) atoms. The third-order valence-corrected chi connectivity index (χ3v) is 6.84. The normalized spacial score (nSPS) is 14.6. The minimum Gasteiger partial charge on any atom is -0.507 e. The van der Waals surface area contributed by atoms with Gasteiger partial charge in [0.05, 0.1) is 11.4 Å². The number of benzene rings is 2. The van der Waals surface area contributed by atoms with Gasteiger partial charge in [-0.05, 0) is 68.5 Å². The number of aromatic hydroxyl groups is 1. The van der Waals surface area contributed by atoms with E-state index in [1.54, 1.807) is 24.3 Å². The molecule has 1 unspecified atom stereocenters. The SMILES string of the molecule is CCc1ccc(C(=O)Nc2ccc(-c3cc(C4CCCC4)n(C(=O)NC(C)CC)n3)c(O)c2)cc1. The Morgan fingerprint density at radius 3 is 2.43 bits per heavy atom. The standard InChI is InChI=1S/C28H34N4O3/c1-4-18(3)29-28(35)32-25(20-8-6-7-9-20)17-24(31-32)23-15-14-22(16-26(23)33)30-27(34)21-12-10-19(5-2)11-13-21/h10-18,20,33H,4-9H2,1-3H3,(H,29,35)(H,30,34). The first-order valence-corrected chi connectivity index (χ1v) is 12.5. The first-order chi connectivity index (χ1) is 16.9. The molecule has 0 bridgehead atoms. The molecule has 7 heteroatoms. The molecular weight excluding hydrogens is 440 g/mol. The lowest BCUT2D eigenvalue weighted by Gasteiger charge is -2.15. The number of phenolic OH excluding ortho intramolecular Hbond substituents is 1. The minimum atomic E-state index is -0.245. The Kier molecular flexibility index (Phi) is 7.54. The van der Waals surface area contributed by atoms with Crippen LogP contribution in [0.15, 0.2) is 48.5 Å². The van der Waals surface area contributed by atoms with Crippen LogP contribution in [-0.4, -0.2) is 32.9 Å². The van der Waals surface area contributed by atoms with Gasteiger partial charge in [-0.1, -0.05) is 38.8 Å². The van der Waals surface area contributed by atoms with E-state index < -0.39 is 0 Å². The average molecular weight is 475 g/mol. The molecule has 7 nitrogen and oxygen atoms in total. The number of carbonyl (C=O) groups excluding carboxylic acids is 2. The third-order valence-electron chi connectivity index (χ3n) is 6.84. The van der Waals surface area contributed by atoms with E-state index in [0.717, 1.165) is 49.8 Å². The van der Waals surface area contributed by atoms with Gasteiger partial charge in [0, 0.05) is 34.8 Å². The van der Waals surface area contributed by atoms with E-state index in [-0.39, 0.29) is 29.6 Å². The number of anilines is 1. The largest absolute Gasteiger partial charge is 0.507 e. The molecular formula is C28H34N4O3. The number of nitrogens with zero attached hydrogens (tertiary/aromatic N) is 2. The van der Waals surface area contributed by atoms with Gasteiger partial charge >= 0.3 is 6.03 Å². The summed E-state index contributed by atoms with van der Waals surface area (Å²) in [6.45, 7) is 6.06. The van der Waals surface area contributed by atoms with Gasteiger partial charge in [-0.15, -0.1) is 0 Å². The fraction of sp³-hybridized carbons (Fsp3) is 0.393. The van der Waals surface area contributed by atoms with Crippen LogP contribution in [0.3, 0.4) is 0 Å². The molecule has 1 aliphatic carbocycles. The number of amides is 2. The first kappa shape index (κ1) is 24.5. The Hall–Kier alpha value is -3.61. The molecule has 4 rings (SSSR count). The molecule has 1 aromatic heterocycles. The summed E-state index contributed by atoms with van der Waals surface area (Å²) < 4.78 is 1.46. The van der Waals surface area contributed by atoms with Gasteiger partial charge in [0.15, 0.2) is 0 Å². The van der Waals surface area contributed by atoms with E-state index in [1.165, 1.54) is 10.7 Å². The van der Waals surface area contributed by atoms with Gasteiger partial charge in [0.25, 0.3) is 5.91 Å². The summed E-state index contributed by atoms with van der Waals surface area (Å²) >= 11 is 0. The van der Waals surface area contributed by atoms with Gasteiger partial charge in [-0.3, -0.25) is 4.79 Å². The van der Waals surface area contributed by atoms with Gasteiger partial charge in [-0.2, -0.15) is 9.78 Å². The van der Waals surface area contributed by atoms with Crippen molar-refractivity contribution in [2.45, 2.75) is 71.3 Å². The number of aromatic nitrogens is 2. The van der Waals surface area contributed by atoms with Crippen LogP contribution in [0.4, 0.5) is 10.5 Å². The predicted octanol–water partition coefficient (Wildman–Crippen LogP) is 6.08. The van der Waals surface area contributed by atoms with Crippen LogP contribution >= 0.6 is 0 Å². The maximum atomic E-state index is 13.0. The Balaban J connectivity index is 1.57.